The lowest BCUT2D eigenvalue weighted by Gasteiger charge is -2.28. The van der Waals surface area contributed by atoms with E-state index in [9.17, 15) is 4.79 Å². The summed E-state index contributed by atoms with van der Waals surface area (Å²) in [7, 11) is 0. The molecular formula is C11H11ClN4O2. The summed E-state index contributed by atoms with van der Waals surface area (Å²) in [6.07, 6.45) is 1.40. The largest absolute Gasteiger partial charge is 0.478 e. The van der Waals surface area contributed by atoms with Gasteiger partial charge >= 0.3 is 5.97 Å². The van der Waals surface area contributed by atoms with Crippen LogP contribution in [0.5, 0.6) is 0 Å². The molecule has 1 unspecified atom stereocenters. The van der Waals surface area contributed by atoms with Gasteiger partial charge in [0.25, 0.3) is 0 Å². The minimum atomic E-state index is -1.46. The van der Waals surface area contributed by atoms with E-state index < -0.39 is 11.1 Å². The van der Waals surface area contributed by atoms with Gasteiger partial charge in [-0.05, 0) is 6.07 Å². The van der Waals surface area contributed by atoms with Crippen molar-refractivity contribution < 1.29 is 9.90 Å². The maximum absolute atomic E-state index is 11.1. The van der Waals surface area contributed by atoms with Crippen LogP contribution in [0, 0.1) is 0 Å². The van der Waals surface area contributed by atoms with Gasteiger partial charge in [-0.2, -0.15) is 0 Å². The molecule has 0 amide bonds. The molecule has 0 bridgehead atoms. The standard InChI is InChI=1S/C11H11ClN4O2/c12-11(15-5-8(13)9(14)16-11)7-4-2-1-3-6(7)10(17)18/h1-5,15H,13H2,(H2,14,16)(H,17,18). The molecule has 0 fully saturated rings. The van der Waals surface area contributed by atoms with Gasteiger partial charge in [0.1, 0.15) is 5.84 Å². The predicted molar refractivity (Wildman–Crippen MR) is 68.0 cm³/mol. The van der Waals surface area contributed by atoms with Gasteiger partial charge in [0.05, 0.1) is 11.3 Å². The number of carboxylic acid groups (broad SMARTS) is 1. The molecule has 1 atom stereocenters. The number of hydrogen-bond acceptors (Lipinski definition) is 5. The van der Waals surface area contributed by atoms with Crippen molar-refractivity contribution in [2.75, 3.05) is 0 Å². The lowest BCUT2D eigenvalue weighted by atomic mass is 10.0. The molecule has 0 spiro atoms. The molecule has 0 saturated heterocycles. The Bertz CT molecular complexity index is 570. The van der Waals surface area contributed by atoms with Gasteiger partial charge in [0.2, 0.25) is 5.12 Å². The number of nitrogens with one attached hydrogen (secondary N) is 1. The molecule has 1 aromatic carbocycles. The van der Waals surface area contributed by atoms with Crippen molar-refractivity contribution in [3.8, 4) is 0 Å². The zero-order chi connectivity index (χ0) is 13.3. The van der Waals surface area contributed by atoms with Crippen molar-refractivity contribution in [3.63, 3.8) is 0 Å². The Morgan fingerprint density at radius 3 is 2.67 bits per heavy atom. The lowest BCUT2D eigenvalue weighted by molar-refractivity contribution is 0.0694. The van der Waals surface area contributed by atoms with Gasteiger partial charge in [0.15, 0.2) is 0 Å². The summed E-state index contributed by atoms with van der Waals surface area (Å²) in [6.45, 7) is 0. The van der Waals surface area contributed by atoms with E-state index in [0.717, 1.165) is 0 Å². The van der Waals surface area contributed by atoms with E-state index in [2.05, 4.69) is 10.3 Å². The highest BCUT2D eigenvalue weighted by atomic mass is 35.5. The van der Waals surface area contributed by atoms with Crippen LogP contribution in [-0.4, -0.2) is 16.9 Å². The molecule has 1 aliphatic heterocycles. The molecule has 94 valence electrons. The van der Waals surface area contributed by atoms with Crippen LogP contribution in [-0.2, 0) is 5.12 Å². The predicted octanol–water partition coefficient (Wildman–Crippen LogP) is 0.494. The van der Waals surface area contributed by atoms with E-state index >= 15 is 0 Å². The highest BCUT2D eigenvalue weighted by molar-refractivity contribution is 6.25. The molecule has 1 heterocycles. The molecule has 6 N–H and O–H groups in total. The highest BCUT2D eigenvalue weighted by Gasteiger charge is 2.34. The molecule has 1 aliphatic rings. The second kappa shape index (κ2) is 4.23. The van der Waals surface area contributed by atoms with Crippen molar-refractivity contribution in [1.82, 2.24) is 5.32 Å². The van der Waals surface area contributed by atoms with E-state index in [0.29, 0.717) is 5.56 Å². The van der Waals surface area contributed by atoms with Crippen molar-refractivity contribution in [3.05, 3.63) is 47.3 Å². The number of carbonyl (C=O) groups is 1. The molecule has 18 heavy (non-hydrogen) atoms. The fraction of sp³-hybridized carbons (Fsp3) is 0.0909. The number of halogens is 1. The van der Waals surface area contributed by atoms with Crippen LogP contribution in [0.1, 0.15) is 15.9 Å². The van der Waals surface area contributed by atoms with E-state index in [1.807, 2.05) is 0 Å². The molecule has 0 aromatic heterocycles. The van der Waals surface area contributed by atoms with Gasteiger partial charge < -0.3 is 21.9 Å². The summed E-state index contributed by atoms with van der Waals surface area (Å²) in [4.78, 5) is 15.1. The average molecular weight is 267 g/mol. The summed E-state index contributed by atoms with van der Waals surface area (Å²) >= 11 is 6.27. The first-order chi connectivity index (χ1) is 8.44. The third-order valence-corrected chi connectivity index (χ3v) is 2.90. The van der Waals surface area contributed by atoms with E-state index in [1.54, 1.807) is 18.2 Å². The average Bonchev–Trinajstić information content (AvgIpc) is 2.34. The van der Waals surface area contributed by atoms with E-state index in [4.69, 9.17) is 28.2 Å². The fourth-order valence-electron chi connectivity index (χ4n) is 1.61. The molecular weight excluding hydrogens is 256 g/mol. The monoisotopic (exact) mass is 266 g/mol. The van der Waals surface area contributed by atoms with Gasteiger partial charge in [-0.1, -0.05) is 29.8 Å². The van der Waals surface area contributed by atoms with Gasteiger partial charge in [-0.25, -0.2) is 9.79 Å². The summed E-state index contributed by atoms with van der Waals surface area (Å²) in [6, 6.07) is 6.28. The number of nitrogens with zero attached hydrogens (tertiary/aromatic N) is 1. The first kappa shape index (κ1) is 12.3. The zero-order valence-electron chi connectivity index (χ0n) is 9.22. The topological polar surface area (TPSA) is 114 Å². The fourth-order valence-corrected chi connectivity index (χ4v) is 1.92. The Balaban J connectivity index is 2.53. The van der Waals surface area contributed by atoms with Crippen molar-refractivity contribution in [2.24, 2.45) is 16.5 Å². The summed E-state index contributed by atoms with van der Waals surface area (Å²) in [5, 5.41) is 10.4. The number of rotatable bonds is 2. The third-order valence-electron chi connectivity index (χ3n) is 2.50. The Morgan fingerprint density at radius 1 is 1.39 bits per heavy atom. The van der Waals surface area contributed by atoms with E-state index in [-0.39, 0.29) is 17.1 Å². The van der Waals surface area contributed by atoms with Gasteiger partial charge in [-0.15, -0.1) is 0 Å². The van der Waals surface area contributed by atoms with Crippen LogP contribution >= 0.6 is 11.6 Å². The number of hydrogen-bond donors (Lipinski definition) is 4. The summed E-state index contributed by atoms with van der Waals surface area (Å²) in [5.41, 5.74) is 11.7. The zero-order valence-corrected chi connectivity index (χ0v) is 9.98. The summed E-state index contributed by atoms with van der Waals surface area (Å²) < 4.78 is 0. The van der Waals surface area contributed by atoms with Crippen LogP contribution in [0.2, 0.25) is 0 Å². The van der Waals surface area contributed by atoms with Crippen molar-refractivity contribution in [2.45, 2.75) is 5.12 Å². The lowest BCUT2D eigenvalue weighted by Crippen LogP contribution is -2.41. The van der Waals surface area contributed by atoms with E-state index in [1.165, 1.54) is 12.3 Å². The Hall–Kier alpha value is -2.21. The number of benzene rings is 1. The third kappa shape index (κ3) is 1.98. The first-order valence-corrected chi connectivity index (χ1v) is 5.42. The minimum absolute atomic E-state index is 0.0467. The molecule has 0 radical (unpaired) electrons. The van der Waals surface area contributed by atoms with Crippen LogP contribution < -0.4 is 16.8 Å². The molecule has 0 aliphatic carbocycles. The number of alkyl halides is 1. The second-order valence-electron chi connectivity index (χ2n) is 3.71. The Kier molecular flexibility index (Phi) is 2.88. The molecule has 6 nitrogen and oxygen atoms in total. The summed E-state index contributed by atoms with van der Waals surface area (Å²) in [5.74, 6) is -1.03. The smallest absolute Gasteiger partial charge is 0.336 e. The number of amidine groups is 1. The Labute approximate surface area is 108 Å². The number of nitrogens with two attached hydrogens (primary N) is 2. The minimum Gasteiger partial charge on any atom is -0.478 e. The maximum Gasteiger partial charge on any atom is 0.336 e. The number of carboxylic acids is 1. The molecule has 2 rings (SSSR count). The molecule has 0 saturated carbocycles. The van der Waals surface area contributed by atoms with Crippen molar-refractivity contribution in [1.29, 1.82) is 0 Å². The number of aliphatic imine (C=N–C) groups is 1. The van der Waals surface area contributed by atoms with Crippen molar-refractivity contribution >= 4 is 23.4 Å². The van der Waals surface area contributed by atoms with Gasteiger partial charge in [-0.3, -0.25) is 0 Å². The first-order valence-electron chi connectivity index (χ1n) is 5.05. The van der Waals surface area contributed by atoms with Crippen LogP contribution in [0.15, 0.2) is 41.2 Å². The molecule has 1 aromatic rings. The molecule has 7 heteroatoms. The number of aromatic carboxylic acids is 1. The normalized spacial score (nSPS) is 22.7. The maximum atomic E-state index is 11.1. The highest BCUT2D eigenvalue weighted by Crippen LogP contribution is 2.32. The van der Waals surface area contributed by atoms with Crippen LogP contribution in [0.3, 0.4) is 0 Å². The quantitative estimate of drug-likeness (QED) is 0.460. The Morgan fingerprint density at radius 2 is 2.06 bits per heavy atom. The van der Waals surface area contributed by atoms with Crippen LogP contribution in [0.4, 0.5) is 0 Å². The van der Waals surface area contributed by atoms with Crippen LogP contribution in [0.25, 0.3) is 0 Å². The second-order valence-corrected chi connectivity index (χ2v) is 4.26. The van der Waals surface area contributed by atoms with Gasteiger partial charge in [0, 0.05) is 11.8 Å². The SMILES string of the molecule is NC1=CNC(Cl)(c2ccccc2C(=O)O)N=C1N.